The molecule has 0 spiro atoms. The Morgan fingerprint density at radius 3 is 2.81 bits per heavy atom. The largest absolute Gasteiger partial charge is 0.461 e. The van der Waals surface area contributed by atoms with Crippen LogP contribution in [0.2, 0.25) is 0 Å². The van der Waals surface area contributed by atoms with Crippen LogP contribution in [0.3, 0.4) is 0 Å². The third-order valence-corrected chi connectivity index (χ3v) is 4.46. The minimum Gasteiger partial charge on any atom is -0.461 e. The number of pyridine rings is 1. The summed E-state index contributed by atoms with van der Waals surface area (Å²) in [7, 11) is 0. The van der Waals surface area contributed by atoms with E-state index in [4.69, 9.17) is 9.47 Å². The first kappa shape index (κ1) is 18.9. The molecule has 0 radical (unpaired) electrons. The van der Waals surface area contributed by atoms with E-state index < -0.39 is 47.6 Å². The molecule has 1 amide bonds. The Labute approximate surface area is 156 Å². The van der Waals surface area contributed by atoms with Gasteiger partial charge in [0.25, 0.3) is 12.4 Å². The van der Waals surface area contributed by atoms with Gasteiger partial charge in [0.2, 0.25) is 5.95 Å². The average Bonchev–Trinajstić information content (AvgIpc) is 3.26. The fourth-order valence-electron chi connectivity index (χ4n) is 2.93. The van der Waals surface area contributed by atoms with E-state index in [1.807, 2.05) is 0 Å². The molecule has 1 N–H and O–H groups in total. The van der Waals surface area contributed by atoms with E-state index in [-0.39, 0.29) is 12.0 Å². The van der Waals surface area contributed by atoms with E-state index in [0.717, 1.165) is 0 Å². The summed E-state index contributed by atoms with van der Waals surface area (Å²) in [4.78, 5) is 19.3. The van der Waals surface area contributed by atoms with Crippen LogP contribution in [0.25, 0.3) is 0 Å². The van der Waals surface area contributed by atoms with Gasteiger partial charge >= 0.3 is 6.09 Å². The first-order valence-electron chi connectivity index (χ1n) is 7.89. The molecule has 1 aliphatic carbocycles. The summed E-state index contributed by atoms with van der Waals surface area (Å²) < 4.78 is 53.3. The number of fused-ring (bicyclic) bond motifs is 1. The molecule has 142 valence electrons. The Balaban J connectivity index is 1.99. The normalized spacial score (nSPS) is 27.3. The molecule has 2 unspecified atom stereocenters. The number of hydrogen-bond acceptors (Lipinski definition) is 5. The summed E-state index contributed by atoms with van der Waals surface area (Å²) in [6.45, 7) is 4.96. The number of alkyl halides is 2. The zero-order chi connectivity index (χ0) is 19.3. The standard InChI is InChI=1S/C16H17BrF3N3O3/c1-15(2,3)26-14(24)22-13-23-16(12(19)20,8-5-10(8)25-13)9-4-7(17)6-21-11(9)18/h4,6,8,10,12H,5H2,1-3H3,(H,22,23,24)/t8-,10?,16?/m0/s1. The highest BCUT2D eigenvalue weighted by atomic mass is 79.9. The Bertz CT molecular complexity index is 769. The molecule has 0 bridgehead atoms. The molecule has 3 rings (SSSR count). The number of halogens is 4. The van der Waals surface area contributed by atoms with Crippen LogP contribution in [0.15, 0.2) is 21.7 Å². The van der Waals surface area contributed by atoms with Crippen molar-refractivity contribution >= 4 is 28.0 Å². The molecule has 0 aromatic carbocycles. The second-order valence-electron chi connectivity index (χ2n) is 7.16. The monoisotopic (exact) mass is 435 g/mol. The molecular formula is C16H17BrF3N3O3. The quantitative estimate of drug-likeness (QED) is 0.718. The number of aliphatic imine (C=N–C) groups is 1. The van der Waals surface area contributed by atoms with E-state index in [2.05, 4.69) is 31.2 Å². The topological polar surface area (TPSA) is 72.8 Å². The molecule has 1 aliphatic heterocycles. The van der Waals surface area contributed by atoms with Crippen LogP contribution in [0.5, 0.6) is 0 Å². The van der Waals surface area contributed by atoms with Gasteiger partial charge in [0.1, 0.15) is 11.7 Å². The number of aromatic nitrogens is 1. The summed E-state index contributed by atoms with van der Waals surface area (Å²) in [6.07, 6.45) is -3.08. The Morgan fingerprint density at radius 1 is 1.50 bits per heavy atom. The van der Waals surface area contributed by atoms with Gasteiger partial charge in [0.05, 0.1) is 0 Å². The Morgan fingerprint density at radius 2 is 2.19 bits per heavy atom. The molecule has 1 aromatic rings. The summed E-state index contributed by atoms with van der Waals surface area (Å²) in [5.41, 5.74) is -3.32. The van der Waals surface area contributed by atoms with E-state index in [1.54, 1.807) is 20.8 Å². The van der Waals surface area contributed by atoms with Crippen LogP contribution in [-0.4, -0.2) is 35.2 Å². The molecule has 26 heavy (non-hydrogen) atoms. The maximum absolute atomic E-state index is 14.3. The maximum Gasteiger partial charge on any atom is 0.415 e. The number of ether oxygens (including phenoxy) is 2. The van der Waals surface area contributed by atoms with Gasteiger partial charge < -0.3 is 9.47 Å². The molecule has 0 saturated heterocycles. The lowest BCUT2D eigenvalue weighted by atomic mass is 9.86. The molecule has 2 heterocycles. The van der Waals surface area contributed by atoms with Gasteiger partial charge in [-0.15, -0.1) is 0 Å². The lowest BCUT2D eigenvalue weighted by Crippen LogP contribution is -2.46. The number of rotatable bonds is 2. The van der Waals surface area contributed by atoms with Crippen LogP contribution in [-0.2, 0) is 15.0 Å². The highest BCUT2D eigenvalue weighted by Gasteiger charge is 2.65. The van der Waals surface area contributed by atoms with Crippen molar-refractivity contribution < 1.29 is 27.4 Å². The van der Waals surface area contributed by atoms with Crippen molar-refractivity contribution in [3.63, 3.8) is 0 Å². The highest BCUT2D eigenvalue weighted by molar-refractivity contribution is 9.10. The van der Waals surface area contributed by atoms with Crippen molar-refractivity contribution in [2.24, 2.45) is 10.9 Å². The highest BCUT2D eigenvalue weighted by Crippen LogP contribution is 2.56. The number of nitrogens with one attached hydrogen (secondary N) is 1. The number of carbonyl (C=O) groups excluding carboxylic acids is 1. The van der Waals surface area contributed by atoms with Gasteiger partial charge in [0.15, 0.2) is 5.54 Å². The predicted octanol–water partition coefficient (Wildman–Crippen LogP) is 3.74. The van der Waals surface area contributed by atoms with E-state index in [0.29, 0.717) is 4.47 Å². The van der Waals surface area contributed by atoms with Crippen molar-refractivity contribution in [3.8, 4) is 0 Å². The number of hydrogen-bond donors (Lipinski definition) is 1. The van der Waals surface area contributed by atoms with Crippen molar-refractivity contribution in [2.75, 3.05) is 0 Å². The fourth-order valence-corrected chi connectivity index (χ4v) is 3.26. The number of amidine groups is 1. The summed E-state index contributed by atoms with van der Waals surface area (Å²) in [5, 5.41) is 2.22. The number of alkyl carbamates (subject to hydrolysis) is 1. The molecule has 1 aromatic heterocycles. The van der Waals surface area contributed by atoms with Gasteiger partial charge in [-0.05, 0) is 49.2 Å². The third kappa shape index (κ3) is 3.51. The summed E-state index contributed by atoms with van der Waals surface area (Å²) in [6, 6.07) is 0.807. The molecule has 1 saturated carbocycles. The van der Waals surface area contributed by atoms with Gasteiger partial charge in [-0.1, -0.05) is 0 Å². The zero-order valence-corrected chi connectivity index (χ0v) is 15.8. The van der Waals surface area contributed by atoms with E-state index in [9.17, 15) is 18.0 Å². The Hall–Kier alpha value is -1.84. The van der Waals surface area contributed by atoms with Crippen LogP contribution in [0.1, 0.15) is 32.8 Å². The van der Waals surface area contributed by atoms with E-state index in [1.165, 1.54) is 12.3 Å². The molecule has 3 atom stereocenters. The van der Waals surface area contributed by atoms with E-state index >= 15 is 0 Å². The lowest BCUT2D eigenvalue weighted by Gasteiger charge is -2.33. The van der Waals surface area contributed by atoms with Crippen LogP contribution >= 0.6 is 15.9 Å². The third-order valence-electron chi connectivity index (χ3n) is 4.02. The fraction of sp³-hybridized carbons (Fsp3) is 0.562. The van der Waals surface area contributed by atoms with Gasteiger partial charge in [-0.2, -0.15) is 4.39 Å². The Kier molecular flexibility index (Phi) is 4.66. The number of nitrogens with zero attached hydrogens (tertiary/aromatic N) is 2. The molecule has 6 nitrogen and oxygen atoms in total. The molecule has 10 heteroatoms. The lowest BCUT2D eigenvalue weighted by molar-refractivity contribution is 0.0148. The summed E-state index contributed by atoms with van der Waals surface area (Å²) in [5.74, 6) is -1.75. The van der Waals surface area contributed by atoms with Crippen molar-refractivity contribution in [1.29, 1.82) is 0 Å². The van der Waals surface area contributed by atoms with Crippen molar-refractivity contribution in [1.82, 2.24) is 10.3 Å². The van der Waals surface area contributed by atoms with Crippen LogP contribution < -0.4 is 5.32 Å². The van der Waals surface area contributed by atoms with Gasteiger partial charge in [0, 0.05) is 22.2 Å². The molecular weight excluding hydrogens is 419 g/mol. The minimum absolute atomic E-state index is 0.263. The first-order chi connectivity index (χ1) is 12.0. The van der Waals surface area contributed by atoms with Gasteiger partial charge in [-0.25, -0.2) is 28.9 Å². The summed E-state index contributed by atoms with van der Waals surface area (Å²) >= 11 is 3.11. The molecule has 2 aliphatic rings. The van der Waals surface area contributed by atoms with Crippen LogP contribution in [0, 0.1) is 11.9 Å². The second-order valence-corrected chi connectivity index (χ2v) is 8.08. The number of carbonyl (C=O) groups is 1. The SMILES string of the molecule is CC(C)(C)OC(=O)NC1=NC(c2cc(Br)cnc2F)(C(F)F)[C@H]2CC2O1. The van der Waals surface area contributed by atoms with Gasteiger partial charge in [-0.3, -0.25) is 0 Å². The first-order valence-corrected chi connectivity index (χ1v) is 8.68. The maximum atomic E-state index is 14.3. The average molecular weight is 436 g/mol. The predicted molar refractivity (Wildman–Crippen MR) is 89.4 cm³/mol. The van der Waals surface area contributed by atoms with Crippen molar-refractivity contribution in [2.45, 2.75) is 50.9 Å². The van der Waals surface area contributed by atoms with Crippen molar-refractivity contribution in [3.05, 3.63) is 28.2 Å². The van der Waals surface area contributed by atoms with Crippen LogP contribution in [0.4, 0.5) is 18.0 Å². The zero-order valence-electron chi connectivity index (χ0n) is 14.2. The number of amides is 1. The smallest absolute Gasteiger partial charge is 0.415 e. The second kappa shape index (κ2) is 6.40. The molecule has 1 fully saturated rings. The minimum atomic E-state index is -3.03.